The first-order valence-corrected chi connectivity index (χ1v) is 7.50. The summed E-state index contributed by atoms with van der Waals surface area (Å²) in [4.78, 5) is 28.4. The van der Waals surface area contributed by atoms with Crippen LogP contribution in [0.3, 0.4) is 0 Å². The number of nitrogens with zero attached hydrogens (tertiary/aromatic N) is 1. The fourth-order valence-corrected chi connectivity index (χ4v) is 2.81. The Labute approximate surface area is 129 Å². The van der Waals surface area contributed by atoms with E-state index in [0.717, 1.165) is 19.5 Å². The van der Waals surface area contributed by atoms with E-state index in [2.05, 4.69) is 27.3 Å². The second kappa shape index (κ2) is 6.47. The third kappa shape index (κ3) is 3.19. The maximum atomic E-state index is 12.0. The van der Waals surface area contributed by atoms with Gasteiger partial charge in [0.25, 0.3) is 11.5 Å². The highest BCUT2D eigenvalue weighted by Crippen LogP contribution is 2.22. The molecule has 0 radical (unpaired) electrons. The van der Waals surface area contributed by atoms with E-state index in [0.29, 0.717) is 12.5 Å². The van der Waals surface area contributed by atoms with Gasteiger partial charge in [-0.05, 0) is 36.6 Å². The van der Waals surface area contributed by atoms with Crippen molar-refractivity contribution in [1.29, 1.82) is 0 Å². The molecule has 2 aromatic rings. The summed E-state index contributed by atoms with van der Waals surface area (Å²) in [5.74, 6) is 0.104. The molecule has 0 saturated carbocycles. The molecule has 1 atom stereocenters. The lowest BCUT2D eigenvalue weighted by molar-refractivity contribution is 0.0946. The average Bonchev–Trinajstić information content (AvgIpc) is 3.03. The first kappa shape index (κ1) is 14.4. The standard InChI is InChI=1S/C17H19N3O2/c21-16-15(7-4-9-18-16)17(22)19-11-13-8-10-20(12-13)14-5-2-1-3-6-14/h1-7,9,13H,8,10-12H2,(H,18,21)(H,19,22)/t13-/m1/s1. The van der Waals surface area contributed by atoms with E-state index in [1.165, 1.54) is 11.9 Å². The van der Waals surface area contributed by atoms with Crippen LogP contribution in [0.5, 0.6) is 0 Å². The number of hydrogen-bond donors (Lipinski definition) is 2. The highest BCUT2D eigenvalue weighted by atomic mass is 16.2. The molecule has 2 heterocycles. The topological polar surface area (TPSA) is 65.2 Å². The molecule has 22 heavy (non-hydrogen) atoms. The van der Waals surface area contributed by atoms with Gasteiger partial charge in [0.2, 0.25) is 0 Å². The first-order chi connectivity index (χ1) is 10.7. The minimum atomic E-state index is -0.350. The predicted molar refractivity (Wildman–Crippen MR) is 86.2 cm³/mol. The van der Waals surface area contributed by atoms with E-state index in [4.69, 9.17) is 0 Å². The lowest BCUT2D eigenvalue weighted by Crippen LogP contribution is -2.34. The van der Waals surface area contributed by atoms with Gasteiger partial charge in [-0.1, -0.05) is 18.2 Å². The van der Waals surface area contributed by atoms with Gasteiger partial charge in [-0.25, -0.2) is 0 Å². The number of hydrogen-bond acceptors (Lipinski definition) is 3. The number of anilines is 1. The third-order valence-corrected chi connectivity index (χ3v) is 4.02. The van der Waals surface area contributed by atoms with Crippen LogP contribution in [0.15, 0.2) is 53.5 Å². The zero-order valence-electron chi connectivity index (χ0n) is 12.3. The van der Waals surface area contributed by atoms with Crippen LogP contribution in [-0.2, 0) is 0 Å². The van der Waals surface area contributed by atoms with Crippen molar-refractivity contribution < 1.29 is 4.79 Å². The van der Waals surface area contributed by atoms with Crippen LogP contribution in [0.1, 0.15) is 16.8 Å². The molecule has 2 N–H and O–H groups in total. The summed E-state index contributed by atoms with van der Waals surface area (Å²) in [7, 11) is 0. The number of carbonyl (C=O) groups is 1. The van der Waals surface area contributed by atoms with Crippen LogP contribution in [0, 0.1) is 5.92 Å². The van der Waals surface area contributed by atoms with Crippen LogP contribution in [0.25, 0.3) is 0 Å². The highest BCUT2D eigenvalue weighted by Gasteiger charge is 2.23. The van der Waals surface area contributed by atoms with Gasteiger partial charge in [-0.3, -0.25) is 9.59 Å². The van der Waals surface area contributed by atoms with E-state index < -0.39 is 0 Å². The van der Waals surface area contributed by atoms with Gasteiger partial charge in [-0.15, -0.1) is 0 Å². The van der Waals surface area contributed by atoms with Gasteiger partial charge < -0.3 is 15.2 Å². The molecule has 3 rings (SSSR count). The van der Waals surface area contributed by atoms with Gasteiger partial charge in [0.05, 0.1) is 0 Å². The molecule has 114 valence electrons. The SMILES string of the molecule is O=C(NC[C@H]1CCN(c2ccccc2)C1)c1ccc[nH]c1=O. The summed E-state index contributed by atoms with van der Waals surface area (Å²) >= 11 is 0. The molecule has 1 aliphatic rings. The molecule has 0 bridgehead atoms. The van der Waals surface area contributed by atoms with Crippen molar-refractivity contribution >= 4 is 11.6 Å². The van der Waals surface area contributed by atoms with Crippen LogP contribution < -0.4 is 15.8 Å². The van der Waals surface area contributed by atoms with Crippen LogP contribution in [-0.4, -0.2) is 30.5 Å². The zero-order valence-corrected chi connectivity index (χ0v) is 12.3. The summed E-state index contributed by atoms with van der Waals surface area (Å²) in [6.45, 7) is 2.52. The Morgan fingerprint density at radius 1 is 1.23 bits per heavy atom. The Morgan fingerprint density at radius 2 is 2.05 bits per heavy atom. The number of para-hydroxylation sites is 1. The molecule has 5 heteroatoms. The number of aromatic amines is 1. The zero-order chi connectivity index (χ0) is 15.4. The quantitative estimate of drug-likeness (QED) is 0.901. The number of H-pyrrole nitrogens is 1. The van der Waals surface area contributed by atoms with E-state index in [1.807, 2.05) is 18.2 Å². The summed E-state index contributed by atoms with van der Waals surface area (Å²) in [5, 5.41) is 2.87. The Hall–Kier alpha value is -2.56. The van der Waals surface area contributed by atoms with Crippen molar-refractivity contribution in [1.82, 2.24) is 10.3 Å². The predicted octanol–water partition coefficient (Wildman–Crippen LogP) is 1.63. The molecule has 1 fully saturated rings. The van der Waals surface area contributed by atoms with Crippen LogP contribution >= 0.6 is 0 Å². The summed E-state index contributed by atoms with van der Waals surface area (Å²) in [6, 6.07) is 13.5. The Kier molecular flexibility index (Phi) is 4.23. The van der Waals surface area contributed by atoms with Crippen LogP contribution in [0.2, 0.25) is 0 Å². The minimum absolute atomic E-state index is 0.167. The van der Waals surface area contributed by atoms with Gasteiger partial charge in [-0.2, -0.15) is 0 Å². The molecule has 5 nitrogen and oxygen atoms in total. The highest BCUT2D eigenvalue weighted by molar-refractivity contribution is 5.93. The monoisotopic (exact) mass is 297 g/mol. The lowest BCUT2D eigenvalue weighted by Gasteiger charge is -2.18. The van der Waals surface area contributed by atoms with Gasteiger partial charge in [0.1, 0.15) is 5.56 Å². The second-order valence-corrected chi connectivity index (χ2v) is 5.56. The maximum absolute atomic E-state index is 12.0. The number of aromatic nitrogens is 1. The maximum Gasteiger partial charge on any atom is 0.260 e. The average molecular weight is 297 g/mol. The van der Waals surface area contributed by atoms with Crippen LogP contribution in [0.4, 0.5) is 5.69 Å². The summed E-state index contributed by atoms with van der Waals surface area (Å²) in [6.07, 6.45) is 2.56. The third-order valence-electron chi connectivity index (χ3n) is 4.02. The molecule has 1 aliphatic heterocycles. The second-order valence-electron chi connectivity index (χ2n) is 5.56. The Morgan fingerprint density at radius 3 is 2.82 bits per heavy atom. The molecule has 0 spiro atoms. The molecule has 1 aromatic carbocycles. The summed E-state index contributed by atoms with van der Waals surface area (Å²) in [5.41, 5.74) is 1.04. The smallest absolute Gasteiger partial charge is 0.260 e. The van der Waals surface area contributed by atoms with Crippen molar-refractivity contribution in [3.05, 3.63) is 64.6 Å². The van der Waals surface area contributed by atoms with Gasteiger partial charge >= 0.3 is 0 Å². The van der Waals surface area contributed by atoms with Crippen molar-refractivity contribution in [3.63, 3.8) is 0 Å². The number of amides is 1. The molecule has 1 saturated heterocycles. The normalized spacial score (nSPS) is 17.5. The Bertz CT molecular complexity index is 696. The van der Waals surface area contributed by atoms with Crippen molar-refractivity contribution in [2.24, 2.45) is 5.92 Å². The number of benzene rings is 1. The largest absolute Gasteiger partial charge is 0.371 e. The van der Waals surface area contributed by atoms with E-state index in [1.54, 1.807) is 12.1 Å². The molecule has 1 amide bonds. The number of pyridine rings is 1. The minimum Gasteiger partial charge on any atom is -0.371 e. The van der Waals surface area contributed by atoms with Crippen molar-refractivity contribution in [3.8, 4) is 0 Å². The molecular weight excluding hydrogens is 278 g/mol. The van der Waals surface area contributed by atoms with Crippen molar-refractivity contribution in [2.45, 2.75) is 6.42 Å². The fourth-order valence-electron chi connectivity index (χ4n) is 2.81. The van der Waals surface area contributed by atoms with Gasteiger partial charge in [0, 0.05) is 31.5 Å². The van der Waals surface area contributed by atoms with Gasteiger partial charge in [0.15, 0.2) is 0 Å². The van der Waals surface area contributed by atoms with Crippen molar-refractivity contribution in [2.75, 3.05) is 24.5 Å². The first-order valence-electron chi connectivity index (χ1n) is 7.50. The molecule has 0 unspecified atom stereocenters. The fraction of sp³-hybridized carbons (Fsp3) is 0.294. The lowest BCUT2D eigenvalue weighted by atomic mass is 10.1. The van der Waals surface area contributed by atoms with E-state index in [-0.39, 0.29) is 17.0 Å². The van der Waals surface area contributed by atoms with E-state index >= 15 is 0 Å². The molecular formula is C17H19N3O2. The number of nitrogens with one attached hydrogen (secondary N) is 2. The Balaban J connectivity index is 1.54. The number of rotatable bonds is 4. The number of carbonyl (C=O) groups excluding carboxylic acids is 1. The molecule has 0 aliphatic carbocycles. The van der Waals surface area contributed by atoms with E-state index in [9.17, 15) is 9.59 Å². The molecule has 1 aromatic heterocycles. The summed E-state index contributed by atoms with van der Waals surface area (Å²) < 4.78 is 0.